The maximum absolute atomic E-state index is 12.7. The van der Waals surface area contributed by atoms with Crippen molar-refractivity contribution < 1.29 is 37.6 Å². The van der Waals surface area contributed by atoms with Crippen molar-refractivity contribution in [2.75, 3.05) is 26.4 Å². The van der Waals surface area contributed by atoms with Crippen LogP contribution in [-0.2, 0) is 32.7 Å². The van der Waals surface area contributed by atoms with Crippen molar-refractivity contribution in [1.29, 1.82) is 0 Å². The standard InChI is InChI=1S/C69H116NO8P/c1-3-5-7-9-11-13-15-17-19-21-23-25-26-27-28-29-30-31-32-33-34-35-36-37-38-39-40-42-43-45-47-49-51-53-55-57-59-61-68(71)75-65-67(66-77-79(73,74)76-64-63-70)78-69(72)62-60-58-56-54-52-50-48-46-44-41-24-22-20-18-16-14-12-10-8-6-4-2/h5-8,11-14,17-20,23-25,27-28,41,46,48,52,54,67H,3-4,9-10,15-16,21-22,26,29-40,42-45,47,49-51,53,55-66,70H2,1-2H3,(H,73,74)/b7-5-,8-6-,13-11-,14-12-,19-17-,20-18-,25-23-,28-27-,41-24-,48-46-,54-52-. The highest BCUT2D eigenvalue weighted by Crippen LogP contribution is 2.43. The summed E-state index contributed by atoms with van der Waals surface area (Å²) in [5.74, 6) is -0.879. The molecule has 0 aromatic carbocycles. The molecule has 79 heavy (non-hydrogen) atoms. The molecular weight excluding hydrogens is 1000 g/mol. The zero-order valence-corrected chi connectivity index (χ0v) is 51.2. The van der Waals surface area contributed by atoms with Gasteiger partial charge in [0, 0.05) is 19.4 Å². The Morgan fingerprint density at radius 3 is 1.00 bits per heavy atom. The van der Waals surface area contributed by atoms with Gasteiger partial charge in [-0.05, 0) is 109 Å². The third kappa shape index (κ3) is 63.2. The minimum Gasteiger partial charge on any atom is -0.462 e. The van der Waals surface area contributed by atoms with Crippen molar-refractivity contribution in [3.8, 4) is 0 Å². The predicted molar refractivity (Wildman–Crippen MR) is 339 cm³/mol. The van der Waals surface area contributed by atoms with Crippen LogP contribution in [-0.4, -0.2) is 49.3 Å². The molecule has 0 heterocycles. The number of unbranched alkanes of at least 4 members (excludes halogenated alkanes) is 23. The molecule has 0 bridgehead atoms. The van der Waals surface area contributed by atoms with E-state index in [1.54, 1.807) is 0 Å². The fraction of sp³-hybridized carbons (Fsp3) is 0.652. The van der Waals surface area contributed by atoms with E-state index in [4.69, 9.17) is 24.3 Å². The summed E-state index contributed by atoms with van der Waals surface area (Å²) in [6.07, 6.45) is 89.7. The Balaban J connectivity index is 3.91. The van der Waals surface area contributed by atoms with Crippen molar-refractivity contribution in [2.24, 2.45) is 5.73 Å². The third-order valence-corrected chi connectivity index (χ3v) is 14.0. The van der Waals surface area contributed by atoms with E-state index < -0.39 is 32.5 Å². The highest BCUT2D eigenvalue weighted by molar-refractivity contribution is 7.47. The molecule has 0 aromatic rings. The van der Waals surface area contributed by atoms with Crippen molar-refractivity contribution in [3.05, 3.63) is 134 Å². The van der Waals surface area contributed by atoms with Crippen molar-refractivity contribution in [2.45, 2.75) is 264 Å². The monoisotopic (exact) mass is 1120 g/mol. The topological polar surface area (TPSA) is 134 Å². The summed E-state index contributed by atoms with van der Waals surface area (Å²) in [5.41, 5.74) is 5.38. The van der Waals surface area contributed by atoms with Gasteiger partial charge < -0.3 is 20.1 Å². The molecule has 0 saturated carbocycles. The van der Waals surface area contributed by atoms with E-state index in [1.165, 1.54) is 122 Å². The second kappa shape index (κ2) is 63.3. The van der Waals surface area contributed by atoms with Crippen LogP contribution in [0.25, 0.3) is 0 Å². The van der Waals surface area contributed by atoms with Crippen LogP contribution in [0.4, 0.5) is 0 Å². The first-order valence-electron chi connectivity index (χ1n) is 31.7. The quantitative estimate of drug-likeness (QED) is 0.0264. The molecule has 0 saturated heterocycles. The molecule has 0 fully saturated rings. The van der Waals surface area contributed by atoms with Crippen LogP contribution in [0.5, 0.6) is 0 Å². The first kappa shape index (κ1) is 75.2. The van der Waals surface area contributed by atoms with Crippen LogP contribution >= 0.6 is 7.82 Å². The number of carbonyl (C=O) groups excluding carboxylic acids is 2. The van der Waals surface area contributed by atoms with Crippen molar-refractivity contribution in [1.82, 2.24) is 0 Å². The average Bonchev–Trinajstić information content (AvgIpc) is 3.44. The molecule has 2 unspecified atom stereocenters. The van der Waals surface area contributed by atoms with Crippen LogP contribution in [0.15, 0.2) is 134 Å². The first-order chi connectivity index (χ1) is 38.8. The number of rotatable bonds is 58. The van der Waals surface area contributed by atoms with Crippen LogP contribution in [0.1, 0.15) is 258 Å². The van der Waals surface area contributed by atoms with Crippen molar-refractivity contribution >= 4 is 19.8 Å². The Morgan fingerprint density at radius 2 is 0.658 bits per heavy atom. The number of hydrogen-bond acceptors (Lipinski definition) is 8. The smallest absolute Gasteiger partial charge is 0.462 e. The van der Waals surface area contributed by atoms with Gasteiger partial charge in [-0.2, -0.15) is 0 Å². The molecule has 450 valence electrons. The molecule has 2 atom stereocenters. The molecule has 0 aliphatic heterocycles. The Labute approximate surface area is 484 Å². The molecule has 10 heteroatoms. The van der Waals surface area contributed by atoms with Gasteiger partial charge in [-0.1, -0.05) is 270 Å². The average molecular weight is 1120 g/mol. The zero-order chi connectivity index (χ0) is 57.3. The van der Waals surface area contributed by atoms with E-state index >= 15 is 0 Å². The summed E-state index contributed by atoms with van der Waals surface area (Å²) in [7, 11) is -4.41. The minimum atomic E-state index is -4.41. The first-order valence-corrected chi connectivity index (χ1v) is 33.2. The van der Waals surface area contributed by atoms with E-state index in [0.717, 1.165) is 103 Å². The van der Waals surface area contributed by atoms with Gasteiger partial charge in [-0.3, -0.25) is 18.6 Å². The maximum atomic E-state index is 12.7. The number of esters is 2. The number of phosphoric acid groups is 1. The van der Waals surface area contributed by atoms with Crippen LogP contribution < -0.4 is 5.73 Å². The van der Waals surface area contributed by atoms with Crippen molar-refractivity contribution in [3.63, 3.8) is 0 Å². The number of nitrogens with two attached hydrogens (primary N) is 1. The molecule has 0 aromatic heterocycles. The van der Waals surface area contributed by atoms with Gasteiger partial charge in [0.2, 0.25) is 0 Å². The van der Waals surface area contributed by atoms with E-state index in [1.807, 2.05) is 0 Å². The second-order valence-electron chi connectivity index (χ2n) is 20.5. The van der Waals surface area contributed by atoms with E-state index in [2.05, 4.69) is 148 Å². The number of phosphoric ester groups is 1. The summed E-state index contributed by atoms with van der Waals surface area (Å²) in [6, 6.07) is 0. The molecule has 0 aliphatic carbocycles. The number of hydrogen-bond donors (Lipinski definition) is 2. The zero-order valence-electron chi connectivity index (χ0n) is 50.3. The molecule has 3 N–H and O–H groups in total. The summed E-state index contributed by atoms with van der Waals surface area (Å²) >= 11 is 0. The van der Waals surface area contributed by atoms with E-state index in [-0.39, 0.29) is 32.6 Å². The molecule has 0 amide bonds. The van der Waals surface area contributed by atoms with Gasteiger partial charge in [0.1, 0.15) is 6.61 Å². The highest BCUT2D eigenvalue weighted by atomic mass is 31.2. The lowest BCUT2D eigenvalue weighted by molar-refractivity contribution is -0.161. The Kier molecular flexibility index (Phi) is 60.2. The maximum Gasteiger partial charge on any atom is 0.472 e. The Hall–Kier alpha value is -3.85. The van der Waals surface area contributed by atoms with Gasteiger partial charge in [0.25, 0.3) is 0 Å². The van der Waals surface area contributed by atoms with Crippen LogP contribution in [0.3, 0.4) is 0 Å². The molecule has 0 rings (SSSR count). The fourth-order valence-corrected chi connectivity index (χ4v) is 9.20. The minimum absolute atomic E-state index is 0.0408. The highest BCUT2D eigenvalue weighted by Gasteiger charge is 2.26. The lowest BCUT2D eigenvalue weighted by Crippen LogP contribution is -2.29. The lowest BCUT2D eigenvalue weighted by Gasteiger charge is -2.19. The molecular formula is C69H116NO8P. The fourth-order valence-electron chi connectivity index (χ4n) is 8.43. The molecule has 0 radical (unpaired) electrons. The summed E-state index contributed by atoms with van der Waals surface area (Å²) in [6.45, 7) is 3.47. The Morgan fingerprint density at radius 1 is 0.380 bits per heavy atom. The Bertz CT molecular complexity index is 1750. The van der Waals surface area contributed by atoms with Gasteiger partial charge in [-0.25, -0.2) is 4.57 Å². The second-order valence-corrected chi connectivity index (χ2v) is 22.0. The van der Waals surface area contributed by atoms with E-state index in [9.17, 15) is 19.0 Å². The summed E-state index contributed by atoms with van der Waals surface area (Å²) < 4.78 is 33.0. The number of allylic oxidation sites excluding steroid dienone is 22. The normalized spacial score (nSPS) is 13.9. The van der Waals surface area contributed by atoms with Gasteiger partial charge in [0.15, 0.2) is 6.10 Å². The van der Waals surface area contributed by atoms with E-state index in [0.29, 0.717) is 6.42 Å². The molecule has 0 aliphatic rings. The largest absolute Gasteiger partial charge is 0.472 e. The lowest BCUT2D eigenvalue weighted by atomic mass is 10.0. The predicted octanol–water partition coefficient (Wildman–Crippen LogP) is 20.5. The van der Waals surface area contributed by atoms with Gasteiger partial charge >= 0.3 is 19.8 Å². The van der Waals surface area contributed by atoms with Crippen LogP contribution in [0, 0.1) is 0 Å². The SMILES string of the molecule is CC/C=C\C/C=C\C/C=C\C/C=C\C/C=C\C/C=C\CCCCC(=O)OC(COC(=O)CCCCCCCCCCCCCCCCCCCCCCC/C=C\C/C=C\C/C=C\C/C=C\C/C=C\CC)COP(=O)(O)OCCN. The van der Waals surface area contributed by atoms with Gasteiger partial charge in [0.05, 0.1) is 13.2 Å². The number of carbonyl (C=O) groups is 2. The summed E-state index contributed by atoms with van der Waals surface area (Å²) in [4.78, 5) is 35.2. The summed E-state index contributed by atoms with van der Waals surface area (Å²) in [5, 5.41) is 0. The molecule has 0 spiro atoms. The molecule has 9 nitrogen and oxygen atoms in total. The van der Waals surface area contributed by atoms with Gasteiger partial charge in [-0.15, -0.1) is 0 Å². The van der Waals surface area contributed by atoms with Crippen LogP contribution in [0.2, 0.25) is 0 Å². The third-order valence-electron chi connectivity index (χ3n) is 13.0. The number of ether oxygens (including phenoxy) is 2.